The van der Waals surface area contributed by atoms with Gasteiger partial charge in [0.1, 0.15) is 0 Å². The fourth-order valence-electron chi connectivity index (χ4n) is 2.28. The lowest BCUT2D eigenvalue weighted by Crippen LogP contribution is -2.14. The van der Waals surface area contributed by atoms with Gasteiger partial charge in [-0.2, -0.15) is 5.26 Å². The van der Waals surface area contributed by atoms with E-state index in [1.165, 1.54) is 17.3 Å². The molecular formula is C19H17N5OS. The van der Waals surface area contributed by atoms with Crippen LogP contribution in [0.1, 0.15) is 11.1 Å². The molecule has 26 heavy (non-hydrogen) atoms. The third-order valence-corrected chi connectivity index (χ3v) is 4.49. The van der Waals surface area contributed by atoms with Gasteiger partial charge in [0.2, 0.25) is 11.1 Å². The van der Waals surface area contributed by atoms with Crippen molar-refractivity contribution in [1.82, 2.24) is 15.2 Å². The molecule has 3 aromatic rings. The molecule has 6 nitrogen and oxygen atoms in total. The molecule has 2 aromatic carbocycles. The van der Waals surface area contributed by atoms with Gasteiger partial charge in [0, 0.05) is 11.3 Å². The van der Waals surface area contributed by atoms with Crippen LogP contribution in [-0.4, -0.2) is 26.8 Å². The first-order chi connectivity index (χ1) is 12.6. The average Bonchev–Trinajstić information content (AvgIpc) is 3.11. The normalized spacial score (nSPS) is 10.3. The molecule has 0 aliphatic rings. The summed E-state index contributed by atoms with van der Waals surface area (Å²) in [7, 11) is 0. The number of carbonyl (C=O) groups is 1. The summed E-state index contributed by atoms with van der Waals surface area (Å²) in [5, 5.41) is 19.0. The van der Waals surface area contributed by atoms with Crippen molar-refractivity contribution >= 4 is 23.4 Å². The molecule has 0 spiro atoms. The number of aromatic amines is 1. The van der Waals surface area contributed by atoms with E-state index in [2.05, 4.69) is 26.6 Å². The van der Waals surface area contributed by atoms with E-state index < -0.39 is 0 Å². The van der Waals surface area contributed by atoms with Crippen LogP contribution in [-0.2, 0) is 11.2 Å². The Balaban J connectivity index is 1.53. The predicted molar refractivity (Wildman–Crippen MR) is 102 cm³/mol. The molecule has 0 atom stereocenters. The van der Waals surface area contributed by atoms with Gasteiger partial charge in [0.25, 0.3) is 0 Å². The standard InChI is InChI=1S/C19H17N5OS/c1-13-2-6-15(7-3-13)18-22-19(24-23-18)26-12-17(25)21-16-8-4-14(5-9-16)10-11-20/h2-9H,10,12H2,1H3,(H,21,25)(H,22,23,24). The number of anilines is 1. The van der Waals surface area contributed by atoms with Crippen molar-refractivity contribution in [2.24, 2.45) is 0 Å². The van der Waals surface area contributed by atoms with Gasteiger partial charge in [0.15, 0.2) is 5.82 Å². The molecule has 0 aliphatic carbocycles. The second-order valence-electron chi connectivity index (χ2n) is 5.70. The third kappa shape index (κ3) is 4.71. The molecule has 0 bridgehead atoms. The third-order valence-electron chi connectivity index (χ3n) is 3.64. The molecule has 130 valence electrons. The molecule has 2 N–H and O–H groups in total. The molecule has 0 saturated heterocycles. The van der Waals surface area contributed by atoms with E-state index in [1.54, 1.807) is 12.1 Å². The van der Waals surface area contributed by atoms with Crippen LogP contribution in [0.25, 0.3) is 11.4 Å². The number of H-pyrrole nitrogens is 1. The van der Waals surface area contributed by atoms with Gasteiger partial charge < -0.3 is 5.32 Å². The van der Waals surface area contributed by atoms with Crippen molar-refractivity contribution in [3.8, 4) is 17.5 Å². The second kappa shape index (κ2) is 8.32. The average molecular weight is 363 g/mol. The Hall–Kier alpha value is -3.11. The maximum absolute atomic E-state index is 12.1. The summed E-state index contributed by atoms with van der Waals surface area (Å²) in [6.07, 6.45) is 0.359. The van der Waals surface area contributed by atoms with Crippen molar-refractivity contribution in [1.29, 1.82) is 5.26 Å². The predicted octanol–water partition coefficient (Wildman–Crippen LogP) is 3.58. The Morgan fingerprint density at radius 3 is 2.62 bits per heavy atom. The van der Waals surface area contributed by atoms with Crippen LogP contribution in [0.4, 0.5) is 5.69 Å². The first-order valence-electron chi connectivity index (χ1n) is 8.02. The Morgan fingerprint density at radius 1 is 1.19 bits per heavy atom. The first kappa shape index (κ1) is 17.7. The topological polar surface area (TPSA) is 94.5 Å². The second-order valence-corrected chi connectivity index (χ2v) is 6.64. The lowest BCUT2D eigenvalue weighted by atomic mass is 10.1. The molecule has 0 saturated carbocycles. The van der Waals surface area contributed by atoms with Crippen molar-refractivity contribution in [3.63, 3.8) is 0 Å². The van der Waals surface area contributed by atoms with Gasteiger partial charge >= 0.3 is 0 Å². The highest BCUT2D eigenvalue weighted by Crippen LogP contribution is 2.20. The number of aryl methyl sites for hydroxylation is 1. The molecule has 3 rings (SSSR count). The Bertz CT molecular complexity index is 926. The summed E-state index contributed by atoms with van der Waals surface area (Å²) < 4.78 is 0. The minimum Gasteiger partial charge on any atom is -0.325 e. The number of aromatic nitrogens is 3. The number of carbonyl (C=O) groups excluding carboxylic acids is 1. The Labute approximate surface area is 155 Å². The highest BCUT2D eigenvalue weighted by Gasteiger charge is 2.09. The molecule has 1 amide bonds. The fourth-order valence-corrected chi connectivity index (χ4v) is 2.87. The minimum atomic E-state index is -0.135. The quantitative estimate of drug-likeness (QED) is 0.653. The molecule has 0 aliphatic heterocycles. The van der Waals surface area contributed by atoms with Gasteiger partial charge in [-0.15, -0.1) is 5.10 Å². The molecule has 0 unspecified atom stereocenters. The smallest absolute Gasteiger partial charge is 0.234 e. The number of nitrogens with one attached hydrogen (secondary N) is 2. The molecular weight excluding hydrogens is 346 g/mol. The van der Waals surface area contributed by atoms with Gasteiger partial charge in [-0.1, -0.05) is 53.7 Å². The number of benzene rings is 2. The van der Waals surface area contributed by atoms with Crippen LogP contribution in [0.2, 0.25) is 0 Å². The Kier molecular flexibility index (Phi) is 5.66. The first-order valence-corrected chi connectivity index (χ1v) is 9.00. The van der Waals surface area contributed by atoms with Crippen LogP contribution in [0.15, 0.2) is 53.7 Å². The van der Waals surface area contributed by atoms with Crippen LogP contribution < -0.4 is 5.32 Å². The van der Waals surface area contributed by atoms with Crippen molar-refractivity contribution in [2.75, 3.05) is 11.1 Å². The fraction of sp³-hybridized carbons (Fsp3) is 0.158. The number of nitriles is 1. The maximum atomic E-state index is 12.1. The molecule has 1 aromatic heterocycles. The SMILES string of the molecule is Cc1ccc(-c2nc(SCC(=O)Nc3ccc(CC#N)cc3)n[nH]2)cc1. The van der Waals surface area contributed by atoms with Gasteiger partial charge in [0.05, 0.1) is 18.2 Å². The van der Waals surface area contributed by atoms with Crippen molar-refractivity contribution in [2.45, 2.75) is 18.5 Å². The lowest BCUT2D eigenvalue weighted by molar-refractivity contribution is -0.113. The summed E-state index contributed by atoms with van der Waals surface area (Å²) in [6.45, 7) is 2.03. The lowest BCUT2D eigenvalue weighted by Gasteiger charge is -2.04. The van der Waals surface area contributed by atoms with E-state index in [4.69, 9.17) is 5.26 Å². The number of nitrogens with zero attached hydrogens (tertiary/aromatic N) is 3. The number of hydrogen-bond acceptors (Lipinski definition) is 5. The zero-order valence-corrected chi connectivity index (χ0v) is 15.0. The summed E-state index contributed by atoms with van der Waals surface area (Å²) in [4.78, 5) is 16.5. The van der Waals surface area contributed by atoms with Crippen LogP contribution in [0.3, 0.4) is 0 Å². The summed E-state index contributed by atoms with van der Waals surface area (Å²) in [5.74, 6) is 0.760. The van der Waals surface area contributed by atoms with E-state index in [9.17, 15) is 4.79 Å². The van der Waals surface area contributed by atoms with Crippen LogP contribution in [0.5, 0.6) is 0 Å². The number of amides is 1. The van der Waals surface area contributed by atoms with E-state index in [0.717, 1.165) is 11.1 Å². The van der Waals surface area contributed by atoms with Crippen LogP contribution in [0, 0.1) is 18.3 Å². The van der Waals surface area contributed by atoms with E-state index >= 15 is 0 Å². The summed E-state index contributed by atoms with van der Waals surface area (Å²) in [6, 6.07) is 17.3. The number of hydrogen-bond donors (Lipinski definition) is 2. The Morgan fingerprint density at radius 2 is 1.92 bits per heavy atom. The van der Waals surface area contributed by atoms with E-state index in [1.807, 2.05) is 43.3 Å². The number of thioether (sulfide) groups is 1. The van der Waals surface area contributed by atoms with E-state index in [0.29, 0.717) is 23.1 Å². The van der Waals surface area contributed by atoms with Crippen LogP contribution >= 0.6 is 11.8 Å². The summed E-state index contributed by atoms with van der Waals surface area (Å²) in [5.41, 5.74) is 3.76. The molecule has 7 heteroatoms. The highest BCUT2D eigenvalue weighted by molar-refractivity contribution is 7.99. The monoisotopic (exact) mass is 363 g/mol. The van der Waals surface area contributed by atoms with E-state index in [-0.39, 0.29) is 11.7 Å². The maximum Gasteiger partial charge on any atom is 0.234 e. The molecule has 0 radical (unpaired) electrons. The van der Waals surface area contributed by atoms with Gasteiger partial charge in [-0.25, -0.2) is 4.98 Å². The highest BCUT2D eigenvalue weighted by atomic mass is 32.2. The zero-order chi connectivity index (χ0) is 18.4. The zero-order valence-electron chi connectivity index (χ0n) is 14.2. The largest absolute Gasteiger partial charge is 0.325 e. The molecule has 1 heterocycles. The molecule has 0 fully saturated rings. The summed E-state index contributed by atoms with van der Waals surface area (Å²) >= 11 is 1.27. The minimum absolute atomic E-state index is 0.135. The van der Waals surface area contributed by atoms with Crippen molar-refractivity contribution < 1.29 is 4.79 Å². The number of rotatable bonds is 6. The van der Waals surface area contributed by atoms with Gasteiger partial charge in [-0.3, -0.25) is 9.89 Å². The van der Waals surface area contributed by atoms with Gasteiger partial charge in [-0.05, 0) is 24.6 Å². The van der Waals surface area contributed by atoms with Crippen molar-refractivity contribution in [3.05, 3.63) is 59.7 Å².